The minimum atomic E-state index is -0.846. The molecule has 0 spiro atoms. The van der Waals surface area contributed by atoms with E-state index in [0.29, 0.717) is 0 Å². The van der Waals surface area contributed by atoms with Gasteiger partial charge in [-0.05, 0) is 17.3 Å². The Bertz CT molecular complexity index is 440. The van der Waals surface area contributed by atoms with E-state index in [1.54, 1.807) is 35.3 Å². The lowest BCUT2D eigenvalue weighted by Crippen LogP contribution is -2.47. The van der Waals surface area contributed by atoms with Crippen molar-refractivity contribution in [1.82, 2.24) is 0 Å². The topological polar surface area (TPSA) is 78.9 Å². The average Bonchev–Trinajstić information content (AvgIpc) is 2.54. The van der Waals surface area contributed by atoms with Crippen LogP contribution in [0.5, 0.6) is 0 Å². The Kier molecular flexibility index (Phi) is 14.2. The standard InChI is InChI=1S/C17H30O6S3/c1-7-24-16(17(25-8-2)26-9-3)15(23-13(6)20)14(22-12(5)19)10-21-11(4)18/h14-17H,7-10H2,1-6H3. The zero-order valence-electron chi connectivity index (χ0n) is 16.3. The first-order valence-corrected chi connectivity index (χ1v) is 11.7. The van der Waals surface area contributed by atoms with Gasteiger partial charge in [0.2, 0.25) is 0 Å². The highest BCUT2D eigenvalue weighted by Gasteiger charge is 2.40. The molecule has 0 amide bonds. The molecule has 0 fully saturated rings. The van der Waals surface area contributed by atoms with Gasteiger partial charge in [-0.25, -0.2) is 0 Å². The fraction of sp³-hybridized carbons (Fsp3) is 0.824. The molecular formula is C17H30O6S3. The van der Waals surface area contributed by atoms with Crippen molar-refractivity contribution in [2.24, 2.45) is 0 Å². The van der Waals surface area contributed by atoms with Gasteiger partial charge in [0.25, 0.3) is 0 Å². The van der Waals surface area contributed by atoms with Crippen LogP contribution in [-0.2, 0) is 28.6 Å². The van der Waals surface area contributed by atoms with Gasteiger partial charge in [0, 0.05) is 20.8 Å². The zero-order valence-corrected chi connectivity index (χ0v) is 18.8. The predicted octanol–water partition coefficient (Wildman–Crippen LogP) is 3.37. The molecule has 0 aromatic rings. The summed E-state index contributed by atoms with van der Waals surface area (Å²) < 4.78 is 16.2. The molecule has 0 aromatic heterocycles. The molecule has 0 saturated heterocycles. The van der Waals surface area contributed by atoms with E-state index in [1.807, 2.05) is 6.92 Å². The molecule has 0 bridgehead atoms. The minimum Gasteiger partial charge on any atom is -0.462 e. The van der Waals surface area contributed by atoms with Crippen molar-refractivity contribution in [3.8, 4) is 0 Å². The largest absolute Gasteiger partial charge is 0.462 e. The van der Waals surface area contributed by atoms with E-state index < -0.39 is 30.1 Å². The summed E-state index contributed by atoms with van der Waals surface area (Å²) in [5, 5.41) is -0.112. The van der Waals surface area contributed by atoms with Gasteiger partial charge in [-0.3, -0.25) is 14.4 Å². The average molecular weight is 427 g/mol. The van der Waals surface area contributed by atoms with E-state index in [4.69, 9.17) is 14.2 Å². The summed E-state index contributed by atoms with van der Waals surface area (Å²) in [6.45, 7) is 9.93. The molecular weight excluding hydrogens is 396 g/mol. The number of hydrogen-bond acceptors (Lipinski definition) is 9. The third-order valence-electron chi connectivity index (χ3n) is 3.05. The van der Waals surface area contributed by atoms with Crippen LogP contribution in [0.2, 0.25) is 0 Å². The van der Waals surface area contributed by atoms with Crippen LogP contribution in [0.4, 0.5) is 0 Å². The summed E-state index contributed by atoms with van der Waals surface area (Å²) in [4.78, 5) is 34.5. The fourth-order valence-corrected chi connectivity index (χ4v) is 6.69. The van der Waals surface area contributed by atoms with Gasteiger partial charge in [0.1, 0.15) is 6.61 Å². The number of hydrogen-bond donors (Lipinski definition) is 0. The van der Waals surface area contributed by atoms with Gasteiger partial charge in [-0.1, -0.05) is 20.8 Å². The van der Waals surface area contributed by atoms with Crippen LogP contribution < -0.4 is 0 Å². The summed E-state index contributed by atoms with van der Waals surface area (Å²) in [5.74, 6) is 1.18. The van der Waals surface area contributed by atoms with Gasteiger partial charge < -0.3 is 14.2 Å². The van der Waals surface area contributed by atoms with Crippen LogP contribution >= 0.6 is 35.3 Å². The van der Waals surface area contributed by atoms with Crippen molar-refractivity contribution in [1.29, 1.82) is 0 Å². The lowest BCUT2D eigenvalue weighted by atomic mass is 10.1. The van der Waals surface area contributed by atoms with Crippen LogP contribution in [-0.4, -0.2) is 63.8 Å². The van der Waals surface area contributed by atoms with E-state index in [2.05, 4.69) is 13.8 Å². The van der Waals surface area contributed by atoms with Crippen LogP contribution in [0.25, 0.3) is 0 Å². The van der Waals surface area contributed by atoms with E-state index in [0.717, 1.165) is 17.3 Å². The maximum atomic E-state index is 11.7. The lowest BCUT2D eigenvalue weighted by molar-refractivity contribution is -0.172. The Morgan fingerprint density at radius 1 is 0.769 bits per heavy atom. The van der Waals surface area contributed by atoms with Crippen LogP contribution in [0.15, 0.2) is 0 Å². The summed E-state index contributed by atoms with van der Waals surface area (Å²) >= 11 is 5.19. The Morgan fingerprint density at radius 2 is 1.27 bits per heavy atom. The normalized spacial score (nSPS) is 14.4. The SMILES string of the molecule is CCSC(SCC)C(SCC)C(OC(C)=O)C(COC(C)=O)OC(C)=O. The maximum Gasteiger partial charge on any atom is 0.303 e. The first kappa shape index (κ1) is 25.5. The molecule has 0 aliphatic rings. The van der Waals surface area contributed by atoms with Crippen molar-refractivity contribution in [3.05, 3.63) is 0 Å². The fourth-order valence-electron chi connectivity index (χ4n) is 2.24. The number of thioether (sulfide) groups is 3. The Balaban J connectivity index is 5.74. The first-order valence-electron chi connectivity index (χ1n) is 8.59. The quantitative estimate of drug-likeness (QED) is 0.250. The highest BCUT2D eigenvalue weighted by molar-refractivity contribution is 8.18. The molecule has 0 aliphatic carbocycles. The molecule has 26 heavy (non-hydrogen) atoms. The van der Waals surface area contributed by atoms with Crippen molar-refractivity contribution >= 4 is 53.2 Å². The highest BCUT2D eigenvalue weighted by Crippen LogP contribution is 2.37. The molecule has 3 atom stereocenters. The van der Waals surface area contributed by atoms with Gasteiger partial charge in [-0.2, -0.15) is 11.8 Å². The second-order valence-corrected chi connectivity index (χ2v) is 9.81. The van der Waals surface area contributed by atoms with Crippen LogP contribution in [0.1, 0.15) is 41.5 Å². The molecule has 0 rings (SSSR count). The van der Waals surface area contributed by atoms with E-state index in [1.165, 1.54) is 20.8 Å². The number of ether oxygens (including phenoxy) is 3. The first-order chi connectivity index (χ1) is 12.3. The number of rotatable bonds is 13. The second kappa shape index (κ2) is 14.5. The monoisotopic (exact) mass is 426 g/mol. The highest BCUT2D eigenvalue weighted by atomic mass is 32.2. The Labute approximate surface area is 169 Å². The Hall–Kier alpha value is -0.540. The molecule has 0 aromatic carbocycles. The molecule has 0 radical (unpaired) electrons. The van der Waals surface area contributed by atoms with E-state index >= 15 is 0 Å². The van der Waals surface area contributed by atoms with Gasteiger partial charge in [0.15, 0.2) is 12.2 Å². The molecule has 3 unspecified atom stereocenters. The maximum absolute atomic E-state index is 11.7. The molecule has 0 aliphatic heterocycles. The number of esters is 3. The third-order valence-corrected chi connectivity index (χ3v) is 7.38. The zero-order chi connectivity index (χ0) is 20.1. The summed E-state index contributed by atoms with van der Waals surface area (Å²) in [6, 6.07) is 0. The smallest absolute Gasteiger partial charge is 0.303 e. The molecule has 0 heterocycles. The lowest BCUT2D eigenvalue weighted by Gasteiger charge is -2.35. The number of carbonyl (C=O) groups is 3. The van der Waals surface area contributed by atoms with Crippen molar-refractivity contribution < 1.29 is 28.6 Å². The molecule has 0 saturated carbocycles. The molecule has 152 valence electrons. The Morgan fingerprint density at radius 3 is 1.65 bits per heavy atom. The third kappa shape index (κ3) is 10.6. The van der Waals surface area contributed by atoms with Crippen molar-refractivity contribution in [2.75, 3.05) is 23.9 Å². The molecule has 0 N–H and O–H groups in total. The van der Waals surface area contributed by atoms with Gasteiger partial charge in [-0.15, -0.1) is 23.5 Å². The summed E-state index contributed by atoms with van der Waals surface area (Å²) in [6.07, 6.45) is -1.55. The van der Waals surface area contributed by atoms with Crippen LogP contribution in [0, 0.1) is 0 Å². The molecule has 9 heteroatoms. The van der Waals surface area contributed by atoms with Gasteiger partial charge >= 0.3 is 17.9 Å². The molecule has 6 nitrogen and oxygen atoms in total. The van der Waals surface area contributed by atoms with Crippen molar-refractivity contribution in [3.63, 3.8) is 0 Å². The van der Waals surface area contributed by atoms with Crippen LogP contribution in [0.3, 0.4) is 0 Å². The second-order valence-electron chi connectivity index (χ2n) is 5.22. The predicted molar refractivity (Wildman–Crippen MR) is 110 cm³/mol. The minimum absolute atomic E-state index is 0.112. The number of carbonyl (C=O) groups excluding carboxylic acids is 3. The van der Waals surface area contributed by atoms with E-state index in [9.17, 15) is 14.4 Å². The van der Waals surface area contributed by atoms with Gasteiger partial charge in [0.05, 0.1) is 9.83 Å². The summed E-state index contributed by atoms with van der Waals surface area (Å²) in [5.41, 5.74) is 0. The van der Waals surface area contributed by atoms with E-state index in [-0.39, 0.29) is 16.4 Å². The van der Waals surface area contributed by atoms with Crippen molar-refractivity contribution in [2.45, 2.75) is 63.6 Å². The summed E-state index contributed by atoms with van der Waals surface area (Å²) in [7, 11) is 0.